The summed E-state index contributed by atoms with van der Waals surface area (Å²) in [6.07, 6.45) is 0. The first-order valence-corrected chi connectivity index (χ1v) is 13.7. The molecular formula is C34H34N4O. The van der Waals surface area contributed by atoms with Crippen molar-refractivity contribution in [1.82, 2.24) is 9.80 Å². The predicted octanol–water partition coefficient (Wildman–Crippen LogP) is 6.14. The molecule has 2 aliphatic rings. The molecule has 0 aliphatic carbocycles. The monoisotopic (exact) mass is 514 g/mol. The van der Waals surface area contributed by atoms with Gasteiger partial charge in [-0.1, -0.05) is 84.9 Å². The Balaban J connectivity index is 1.20. The van der Waals surface area contributed by atoms with E-state index in [1.165, 1.54) is 22.3 Å². The molecule has 6 rings (SSSR count). The molecule has 0 spiro atoms. The third kappa shape index (κ3) is 5.16. The van der Waals surface area contributed by atoms with Gasteiger partial charge < -0.3 is 0 Å². The minimum Gasteiger partial charge on any atom is -0.293 e. The minimum atomic E-state index is -0.0247. The largest absolute Gasteiger partial charge is 0.293 e. The fraction of sp³-hybridized carbons (Fsp3) is 0.235. The Labute approximate surface area is 231 Å². The topological polar surface area (TPSA) is 39.2 Å². The summed E-state index contributed by atoms with van der Waals surface area (Å²) < 4.78 is 0. The van der Waals surface area contributed by atoms with E-state index in [1.807, 2.05) is 35.2 Å². The first-order valence-electron chi connectivity index (χ1n) is 13.7. The van der Waals surface area contributed by atoms with Crippen LogP contribution in [0.1, 0.15) is 33.9 Å². The lowest BCUT2D eigenvalue weighted by atomic mass is 9.96. The fourth-order valence-corrected chi connectivity index (χ4v) is 5.68. The molecule has 0 N–H and O–H groups in total. The highest BCUT2D eigenvalue weighted by atomic mass is 16.2. The molecule has 4 aromatic carbocycles. The molecule has 1 saturated heterocycles. The molecule has 2 heterocycles. The second-order valence-corrected chi connectivity index (χ2v) is 10.5. The number of piperazine rings is 1. The van der Waals surface area contributed by atoms with E-state index >= 15 is 0 Å². The van der Waals surface area contributed by atoms with Gasteiger partial charge in [-0.25, -0.2) is 4.99 Å². The Kier molecular flexibility index (Phi) is 7.10. The van der Waals surface area contributed by atoms with E-state index in [1.54, 1.807) is 0 Å². The summed E-state index contributed by atoms with van der Waals surface area (Å²) in [5.74, 6) is -0.0247. The highest BCUT2D eigenvalue weighted by Gasteiger charge is 2.36. The molecule has 0 saturated carbocycles. The third-order valence-electron chi connectivity index (χ3n) is 7.97. The van der Waals surface area contributed by atoms with Gasteiger partial charge in [0, 0.05) is 31.7 Å². The van der Waals surface area contributed by atoms with E-state index in [0.717, 1.165) is 43.1 Å². The summed E-state index contributed by atoms with van der Waals surface area (Å²) in [7, 11) is 0. The lowest BCUT2D eigenvalue weighted by molar-refractivity contribution is -0.112. The molecule has 2 aliphatic heterocycles. The lowest BCUT2D eigenvalue weighted by Gasteiger charge is -2.40. The predicted molar refractivity (Wildman–Crippen MR) is 159 cm³/mol. The second-order valence-electron chi connectivity index (χ2n) is 10.5. The van der Waals surface area contributed by atoms with E-state index in [0.29, 0.717) is 12.4 Å². The van der Waals surface area contributed by atoms with Gasteiger partial charge in [0.25, 0.3) is 5.91 Å². The number of carbonyl (C=O) groups is 1. The number of aliphatic imine (C=N–C) groups is 1. The van der Waals surface area contributed by atoms with Gasteiger partial charge in [-0.05, 0) is 54.3 Å². The van der Waals surface area contributed by atoms with E-state index < -0.39 is 0 Å². The highest BCUT2D eigenvalue weighted by Crippen LogP contribution is 2.33. The number of para-hydroxylation sites is 1. The number of nitrogens with zero attached hydrogens (tertiary/aromatic N) is 4. The minimum absolute atomic E-state index is 0.0247. The number of anilines is 1. The molecular weight excluding hydrogens is 480 g/mol. The van der Waals surface area contributed by atoms with Gasteiger partial charge >= 0.3 is 0 Å². The summed E-state index contributed by atoms with van der Waals surface area (Å²) >= 11 is 0. The molecule has 0 atom stereocenters. The number of rotatable bonds is 6. The van der Waals surface area contributed by atoms with Crippen molar-refractivity contribution in [1.29, 1.82) is 0 Å². The SMILES string of the molecule is Cc1ccc(N=C2C(=O)N(CN3CCN(C(c4ccccc4)c4ccccc4)CC3)c3ccccc32)cc1C. The molecule has 0 bridgehead atoms. The molecule has 0 unspecified atom stereocenters. The first-order chi connectivity index (χ1) is 19.1. The van der Waals surface area contributed by atoms with Crippen molar-refractivity contribution in [2.24, 2.45) is 4.99 Å². The van der Waals surface area contributed by atoms with Crippen molar-refractivity contribution in [3.05, 3.63) is 131 Å². The quantitative estimate of drug-likeness (QED) is 0.311. The van der Waals surface area contributed by atoms with Gasteiger partial charge in [0.2, 0.25) is 0 Å². The Morgan fingerprint density at radius 2 is 1.33 bits per heavy atom. The number of benzene rings is 4. The first kappa shape index (κ1) is 25.2. The van der Waals surface area contributed by atoms with Crippen LogP contribution in [-0.2, 0) is 4.79 Å². The van der Waals surface area contributed by atoms with Crippen LogP contribution in [-0.4, -0.2) is 54.3 Å². The van der Waals surface area contributed by atoms with Crippen molar-refractivity contribution in [2.75, 3.05) is 37.7 Å². The van der Waals surface area contributed by atoms with E-state index in [9.17, 15) is 4.79 Å². The second kappa shape index (κ2) is 11.0. The fourth-order valence-electron chi connectivity index (χ4n) is 5.68. The average Bonchev–Trinajstić information content (AvgIpc) is 3.23. The summed E-state index contributed by atoms with van der Waals surface area (Å²) in [4.78, 5) is 25.4. The van der Waals surface area contributed by atoms with Crippen molar-refractivity contribution >= 4 is 23.0 Å². The number of aryl methyl sites for hydroxylation is 2. The third-order valence-corrected chi connectivity index (χ3v) is 7.97. The Morgan fingerprint density at radius 3 is 1.97 bits per heavy atom. The maximum absolute atomic E-state index is 13.7. The number of hydrogen-bond acceptors (Lipinski definition) is 4. The Hall–Kier alpha value is -4.06. The molecule has 5 nitrogen and oxygen atoms in total. The van der Waals surface area contributed by atoms with Crippen LogP contribution in [0.5, 0.6) is 0 Å². The van der Waals surface area contributed by atoms with Crippen molar-refractivity contribution < 1.29 is 4.79 Å². The standard InChI is InChI=1S/C34H34N4O/c1-25-17-18-29(23-26(25)2)35-32-30-15-9-10-16-31(30)38(34(32)39)24-36-19-21-37(22-20-36)33(27-11-5-3-6-12-27)28-13-7-4-8-14-28/h3-18,23,33H,19-22,24H2,1-2H3. The smallest absolute Gasteiger partial charge is 0.278 e. The maximum Gasteiger partial charge on any atom is 0.278 e. The average molecular weight is 515 g/mol. The van der Waals surface area contributed by atoms with Crippen LogP contribution in [0.25, 0.3) is 0 Å². The summed E-state index contributed by atoms with van der Waals surface area (Å²) in [6.45, 7) is 8.39. The van der Waals surface area contributed by atoms with E-state index in [2.05, 4.69) is 96.4 Å². The molecule has 196 valence electrons. The molecule has 5 heteroatoms. The number of amides is 1. The molecule has 4 aromatic rings. The van der Waals surface area contributed by atoms with Crippen LogP contribution in [0.2, 0.25) is 0 Å². The molecule has 39 heavy (non-hydrogen) atoms. The van der Waals surface area contributed by atoms with Crippen LogP contribution in [0.15, 0.2) is 108 Å². The van der Waals surface area contributed by atoms with E-state index in [-0.39, 0.29) is 11.9 Å². The highest BCUT2D eigenvalue weighted by molar-refractivity contribution is 6.54. The lowest BCUT2D eigenvalue weighted by Crippen LogP contribution is -2.51. The maximum atomic E-state index is 13.7. The van der Waals surface area contributed by atoms with Gasteiger partial charge in [-0.15, -0.1) is 0 Å². The van der Waals surface area contributed by atoms with Gasteiger partial charge in [0.1, 0.15) is 5.71 Å². The zero-order valence-electron chi connectivity index (χ0n) is 22.6. The van der Waals surface area contributed by atoms with Crippen molar-refractivity contribution in [2.45, 2.75) is 19.9 Å². The zero-order valence-corrected chi connectivity index (χ0v) is 22.6. The molecule has 0 aromatic heterocycles. The zero-order chi connectivity index (χ0) is 26.8. The van der Waals surface area contributed by atoms with E-state index in [4.69, 9.17) is 4.99 Å². The van der Waals surface area contributed by atoms with Crippen LogP contribution in [0.4, 0.5) is 11.4 Å². The van der Waals surface area contributed by atoms with Crippen LogP contribution in [0, 0.1) is 13.8 Å². The van der Waals surface area contributed by atoms with Crippen molar-refractivity contribution in [3.8, 4) is 0 Å². The summed E-state index contributed by atoms with van der Waals surface area (Å²) in [5, 5.41) is 0. The van der Waals surface area contributed by atoms with Crippen LogP contribution < -0.4 is 4.90 Å². The van der Waals surface area contributed by atoms with Crippen molar-refractivity contribution in [3.63, 3.8) is 0 Å². The Morgan fingerprint density at radius 1 is 0.718 bits per heavy atom. The number of carbonyl (C=O) groups excluding carboxylic acids is 1. The van der Waals surface area contributed by atoms with Gasteiger partial charge in [0.15, 0.2) is 0 Å². The van der Waals surface area contributed by atoms with Gasteiger partial charge in [0.05, 0.1) is 24.1 Å². The van der Waals surface area contributed by atoms with Crippen LogP contribution >= 0.6 is 0 Å². The molecule has 1 amide bonds. The molecule has 1 fully saturated rings. The number of hydrogen-bond donors (Lipinski definition) is 0. The van der Waals surface area contributed by atoms with Gasteiger partial charge in [-0.2, -0.15) is 0 Å². The van der Waals surface area contributed by atoms with Crippen LogP contribution in [0.3, 0.4) is 0 Å². The van der Waals surface area contributed by atoms with Gasteiger partial charge in [-0.3, -0.25) is 19.5 Å². The molecule has 0 radical (unpaired) electrons. The summed E-state index contributed by atoms with van der Waals surface area (Å²) in [6, 6.07) is 35.9. The number of fused-ring (bicyclic) bond motifs is 1. The summed E-state index contributed by atoms with van der Waals surface area (Å²) in [5.41, 5.74) is 8.22. The normalized spacial score (nSPS) is 17.3. The Bertz CT molecular complexity index is 1450.